The summed E-state index contributed by atoms with van der Waals surface area (Å²) in [5.41, 5.74) is 1.05. The molecule has 0 saturated carbocycles. The fraction of sp³-hybridized carbons (Fsp3) is 0.400. The number of aromatic nitrogens is 2. The van der Waals surface area contributed by atoms with Gasteiger partial charge in [0.15, 0.2) is 0 Å². The Morgan fingerprint density at radius 2 is 2.00 bits per heavy atom. The van der Waals surface area contributed by atoms with E-state index >= 15 is 0 Å². The van der Waals surface area contributed by atoms with Crippen LogP contribution in [-0.4, -0.2) is 29.9 Å². The first-order valence-electron chi connectivity index (χ1n) is 6.79. The van der Waals surface area contributed by atoms with Gasteiger partial charge in [-0.3, -0.25) is 0 Å². The second-order valence-electron chi connectivity index (χ2n) is 4.35. The van der Waals surface area contributed by atoms with E-state index in [1.807, 2.05) is 36.7 Å². The molecule has 0 aliphatic rings. The maximum Gasteiger partial charge on any atom is 0.128 e. The highest BCUT2D eigenvalue weighted by molar-refractivity contribution is 5.46. The van der Waals surface area contributed by atoms with Gasteiger partial charge in [0.25, 0.3) is 0 Å². The third kappa shape index (κ3) is 3.99. The molecule has 2 rings (SSSR count). The van der Waals surface area contributed by atoms with Crippen LogP contribution in [0.15, 0.2) is 36.7 Å². The SMILES string of the molecule is CCn1ccnc1CNc1ccc(OCCOC)cc1. The molecule has 5 nitrogen and oxygen atoms in total. The Hall–Kier alpha value is -2.01. The van der Waals surface area contributed by atoms with Crippen molar-refractivity contribution in [1.82, 2.24) is 9.55 Å². The van der Waals surface area contributed by atoms with E-state index in [1.54, 1.807) is 7.11 Å². The Morgan fingerprint density at radius 3 is 2.70 bits per heavy atom. The average molecular weight is 275 g/mol. The Labute approximate surface area is 119 Å². The predicted molar refractivity (Wildman–Crippen MR) is 79.0 cm³/mol. The standard InChI is InChI=1S/C15H21N3O2/c1-3-18-9-8-16-15(18)12-17-13-4-6-14(7-5-13)20-11-10-19-2/h4-9,17H,3,10-12H2,1-2H3. The smallest absolute Gasteiger partial charge is 0.128 e. The fourth-order valence-corrected chi connectivity index (χ4v) is 1.89. The maximum atomic E-state index is 5.52. The third-order valence-electron chi connectivity index (χ3n) is 3.00. The number of nitrogens with zero attached hydrogens (tertiary/aromatic N) is 2. The molecular formula is C15H21N3O2. The Balaban J connectivity index is 1.84. The summed E-state index contributed by atoms with van der Waals surface area (Å²) >= 11 is 0. The highest BCUT2D eigenvalue weighted by atomic mass is 16.5. The first kappa shape index (κ1) is 14.4. The number of ether oxygens (including phenoxy) is 2. The number of hydrogen-bond acceptors (Lipinski definition) is 4. The normalized spacial score (nSPS) is 10.5. The largest absolute Gasteiger partial charge is 0.491 e. The van der Waals surface area contributed by atoms with E-state index in [9.17, 15) is 0 Å². The molecule has 1 heterocycles. The number of nitrogens with one attached hydrogen (secondary N) is 1. The molecule has 0 fully saturated rings. The molecule has 0 amide bonds. The van der Waals surface area contributed by atoms with Gasteiger partial charge in [-0.2, -0.15) is 0 Å². The lowest BCUT2D eigenvalue weighted by molar-refractivity contribution is 0.146. The van der Waals surface area contributed by atoms with Crippen LogP contribution in [0, 0.1) is 0 Å². The number of imidazole rings is 1. The molecule has 0 saturated heterocycles. The van der Waals surface area contributed by atoms with Gasteiger partial charge in [0.2, 0.25) is 0 Å². The number of aryl methyl sites for hydroxylation is 1. The minimum atomic E-state index is 0.567. The number of rotatable bonds is 8. The van der Waals surface area contributed by atoms with Crippen molar-refractivity contribution in [2.24, 2.45) is 0 Å². The van der Waals surface area contributed by atoms with Crippen LogP contribution in [0.5, 0.6) is 5.75 Å². The van der Waals surface area contributed by atoms with E-state index in [1.165, 1.54) is 0 Å². The van der Waals surface area contributed by atoms with Gasteiger partial charge in [0.1, 0.15) is 18.2 Å². The summed E-state index contributed by atoms with van der Waals surface area (Å²) in [6.45, 7) is 4.92. The maximum absolute atomic E-state index is 5.52. The van der Waals surface area contributed by atoms with Crippen LogP contribution in [-0.2, 0) is 17.8 Å². The Kier molecular flexibility index (Phi) is 5.43. The minimum absolute atomic E-state index is 0.567. The molecule has 0 spiro atoms. The molecule has 0 unspecified atom stereocenters. The van der Waals surface area contributed by atoms with Crippen LogP contribution >= 0.6 is 0 Å². The molecule has 1 aromatic heterocycles. The van der Waals surface area contributed by atoms with Crippen molar-refractivity contribution >= 4 is 5.69 Å². The zero-order valence-corrected chi connectivity index (χ0v) is 12.0. The van der Waals surface area contributed by atoms with Crippen molar-refractivity contribution in [2.45, 2.75) is 20.0 Å². The van der Waals surface area contributed by atoms with E-state index in [2.05, 4.69) is 21.8 Å². The van der Waals surface area contributed by atoms with Crippen LogP contribution in [0.25, 0.3) is 0 Å². The van der Waals surface area contributed by atoms with Crippen molar-refractivity contribution in [3.8, 4) is 5.75 Å². The molecule has 0 radical (unpaired) electrons. The van der Waals surface area contributed by atoms with E-state index in [0.717, 1.165) is 23.8 Å². The molecule has 1 aromatic carbocycles. The van der Waals surface area contributed by atoms with Crippen molar-refractivity contribution in [1.29, 1.82) is 0 Å². The van der Waals surface area contributed by atoms with Gasteiger partial charge >= 0.3 is 0 Å². The predicted octanol–water partition coefficient (Wildman–Crippen LogP) is 2.54. The second-order valence-corrected chi connectivity index (χ2v) is 4.35. The van der Waals surface area contributed by atoms with E-state index in [4.69, 9.17) is 9.47 Å². The van der Waals surface area contributed by atoms with E-state index in [-0.39, 0.29) is 0 Å². The summed E-state index contributed by atoms with van der Waals surface area (Å²) in [5.74, 6) is 1.88. The molecule has 0 aliphatic heterocycles. The molecule has 0 bridgehead atoms. The Morgan fingerprint density at radius 1 is 1.20 bits per heavy atom. The summed E-state index contributed by atoms with van der Waals surface area (Å²) in [6, 6.07) is 7.90. The van der Waals surface area contributed by atoms with E-state index in [0.29, 0.717) is 19.8 Å². The monoisotopic (exact) mass is 275 g/mol. The second kappa shape index (κ2) is 7.55. The molecule has 1 N–H and O–H groups in total. The summed E-state index contributed by atoms with van der Waals surface area (Å²) in [5, 5.41) is 3.35. The lowest BCUT2D eigenvalue weighted by atomic mass is 10.3. The van der Waals surface area contributed by atoms with Crippen LogP contribution < -0.4 is 10.1 Å². The quantitative estimate of drug-likeness (QED) is 0.752. The first-order valence-corrected chi connectivity index (χ1v) is 6.79. The van der Waals surface area contributed by atoms with Gasteiger partial charge in [-0.05, 0) is 31.2 Å². The van der Waals surface area contributed by atoms with Crippen molar-refractivity contribution < 1.29 is 9.47 Å². The van der Waals surface area contributed by atoms with Crippen LogP contribution in [0.1, 0.15) is 12.7 Å². The molecule has 0 aliphatic carbocycles. The van der Waals surface area contributed by atoms with Gasteiger partial charge < -0.3 is 19.4 Å². The van der Waals surface area contributed by atoms with Crippen LogP contribution in [0.3, 0.4) is 0 Å². The third-order valence-corrected chi connectivity index (χ3v) is 3.00. The molecule has 2 aromatic rings. The highest BCUT2D eigenvalue weighted by Gasteiger charge is 2.01. The topological polar surface area (TPSA) is 48.3 Å². The van der Waals surface area contributed by atoms with Gasteiger partial charge in [0.05, 0.1) is 13.2 Å². The molecule has 108 valence electrons. The van der Waals surface area contributed by atoms with Crippen LogP contribution in [0.2, 0.25) is 0 Å². The lowest BCUT2D eigenvalue weighted by Gasteiger charge is -2.09. The zero-order chi connectivity index (χ0) is 14.2. The molecule has 5 heteroatoms. The average Bonchev–Trinajstić information content (AvgIpc) is 2.94. The number of benzene rings is 1. The Bertz CT molecular complexity index is 508. The van der Waals surface area contributed by atoms with Crippen molar-refractivity contribution in [2.75, 3.05) is 25.6 Å². The number of anilines is 1. The van der Waals surface area contributed by atoms with Crippen molar-refractivity contribution in [3.63, 3.8) is 0 Å². The summed E-state index contributed by atoms with van der Waals surface area (Å²) < 4.78 is 12.6. The van der Waals surface area contributed by atoms with Gasteiger partial charge in [-0.25, -0.2) is 4.98 Å². The lowest BCUT2D eigenvalue weighted by Crippen LogP contribution is -2.07. The first-order chi connectivity index (χ1) is 9.83. The number of hydrogen-bond donors (Lipinski definition) is 1. The van der Waals surface area contributed by atoms with E-state index < -0.39 is 0 Å². The van der Waals surface area contributed by atoms with Crippen LogP contribution in [0.4, 0.5) is 5.69 Å². The van der Waals surface area contributed by atoms with Crippen molar-refractivity contribution in [3.05, 3.63) is 42.5 Å². The van der Waals surface area contributed by atoms with Gasteiger partial charge in [0, 0.05) is 31.7 Å². The summed E-state index contributed by atoms with van der Waals surface area (Å²) in [7, 11) is 1.66. The summed E-state index contributed by atoms with van der Waals surface area (Å²) in [6.07, 6.45) is 3.82. The fourth-order valence-electron chi connectivity index (χ4n) is 1.89. The summed E-state index contributed by atoms with van der Waals surface area (Å²) in [4.78, 5) is 4.33. The highest BCUT2D eigenvalue weighted by Crippen LogP contribution is 2.16. The van der Waals surface area contributed by atoms with Gasteiger partial charge in [-0.15, -0.1) is 0 Å². The molecular weight excluding hydrogens is 254 g/mol. The molecule has 20 heavy (non-hydrogen) atoms. The van der Waals surface area contributed by atoms with Gasteiger partial charge in [-0.1, -0.05) is 0 Å². The number of methoxy groups -OCH3 is 1. The molecule has 0 atom stereocenters. The zero-order valence-electron chi connectivity index (χ0n) is 12.0. The minimum Gasteiger partial charge on any atom is -0.491 e.